The molecule has 5 nitrogen and oxygen atoms in total. The van der Waals surface area contributed by atoms with E-state index in [0.29, 0.717) is 32.0 Å². The molecule has 18 heavy (non-hydrogen) atoms. The summed E-state index contributed by atoms with van der Waals surface area (Å²) in [6, 6.07) is 0.431. The third kappa shape index (κ3) is 3.44. The van der Waals surface area contributed by atoms with Gasteiger partial charge in [-0.2, -0.15) is 0 Å². The Kier molecular flexibility index (Phi) is 5.00. The summed E-state index contributed by atoms with van der Waals surface area (Å²) in [6.45, 7) is 3.67. The molecule has 2 aliphatic heterocycles. The van der Waals surface area contributed by atoms with Gasteiger partial charge in [-0.05, 0) is 45.2 Å². The summed E-state index contributed by atoms with van der Waals surface area (Å²) in [5.74, 6) is 0.181. The molecule has 0 amide bonds. The zero-order chi connectivity index (χ0) is 13.0. The van der Waals surface area contributed by atoms with Crippen molar-refractivity contribution in [3.8, 4) is 0 Å². The van der Waals surface area contributed by atoms with E-state index in [0.717, 1.165) is 19.5 Å². The molecule has 0 aliphatic carbocycles. The number of aliphatic hydroxyl groups is 1. The van der Waals surface area contributed by atoms with E-state index in [-0.39, 0.29) is 12.4 Å². The molecule has 2 rings (SSSR count). The van der Waals surface area contributed by atoms with Gasteiger partial charge in [-0.15, -0.1) is 0 Å². The second-order valence-electron chi connectivity index (χ2n) is 5.29. The fraction of sp³-hybridized carbons (Fsp3) is 1.00. The third-order valence-electron chi connectivity index (χ3n) is 3.99. The summed E-state index contributed by atoms with van der Waals surface area (Å²) in [5.41, 5.74) is 0. The molecule has 1 unspecified atom stereocenters. The van der Waals surface area contributed by atoms with Crippen molar-refractivity contribution in [2.45, 2.75) is 38.1 Å². The van der Waals surface area contributed by atoms with Crippen molar-refractivity contribution in [1.82, 2.24) is 9.21 Å². The lowest BCUT2D eigenvalue weighted by Crippen LogP contribution is -2.37. The predicted molar refractivity (Wildman–Crippen MR) is 70.9 cm³/mol. The highest BCUT2D eigenvalue weighted by atomic mass is 32.2. The molecule has 0 saturated carbocycles. The quantitative estimate of drug-likeness (QED) is 0.707. The van der Waals surface area contributed by atoms with Crippen molar-refractivity contribution in [2.24, 2.45) is 0 Å². The lowest BCUT2D eigenvalue weighted by molar-refractivity contribution is 0.251. The van der Waals surface area contributed by atoms with E-state index in [1.807, 2.05) is 0 Å². The topological polar surface area (TPSA) is 60.9 Å². The minimum Gasteiger partial charge on any atom is -0.396 e. The normalized spacial score (nSPS) is 27.1. The molecule has 6 heteroatoms. The molecule has 0 radical (unpaired) electrons. The Morgan fingerprint density at radius 2 is 1.83 bits per heavy atom. The monoisotopic (exact) mass is 276 g/mol. The molecule has 2 heterocycles. The first-order chi connectivity index (χ1) is 8.63. The number of rotatable bonds is 6. The summed E-state index contributed by atoms with van der Waals surface area (Å²) in [6.07, 6.45) is 4.60. The van der Waals surface area contributed by atoms with E-state index in [2.05, 4.69) is 4.90 Å². The van der Waals surface area contributed by atoms with E-state index in [1.54, 1.807) is 4.31 Å². The Hall–Kier alpha value is -0.170. The lowest BCUT2D eigenvalue weighted by atomic mass is 10.2. The van der Waals surface area contributed by atoms with Crippen LogP contribution in [0.5, 0.6) is 0 Å². The van der Waals surface area contributed by atoms with E-state index in [1.165, 1.54) is 12.8 Å². The van der Waals surface area contributed by atoms with Crippen molar-refractivity contribution in [3.05, 3.63) is 0 Å². The van der Waals surface area contributed by atoms with Gasteiger partial charge in [0.1, 0.15) is 0 Å². The van der Waals surface area contributed by atoms with Crippen molar-refractivity contribution in [3.63, 3.8) is 0 Å². The van der Waals surface area contributed by atoms with Crippen LogP contribution in [-0.2, 0) is 10.0 Å². The Morgan fingerprint density at radius 3 is 2.50 bits per heavy atom. The molecule has 1 N–H and O–H groups in total. The number of hydrogen-bond donors (Lipinski definition) is 1. The van der Waals surface area contributed by atoms with Gasteiger partial charge < -0.3 is 5.11 Å². The van der Waals surface area contributed by atoms with Crippen LogP contribution in [0.2, 0.25) is 0 Å². The van der Waals surface area contributed by atoms with E-state index >= 15 is 0 Å². The second kappa shape index (κ2) is 6.32. The zero-order valence-electron chi connectivity index (χ0n) is 10.9. The molecule has 0 bridgehead atoms. The maximum Gasteiger partial charge on any atom is 0.214 e. The Morgan fingerprint density at radius 1 is 1.11 bits per heavy atom. The minimum atomic E-state index is -3.10. The Bertz CT molecular complexity index is 352. The summed E-state index contributed by atoms with van der Waals surface area (Å²) >= 11 is 0. The van der Waals surface area contributed by atoms with Gasteiger partial charge in [0.05, 0.1) is 5.75 Å². The van der Waals surface area contributed by atoms with Gasteiger partial charge in [0.25, 0.3) is 0 Å². The van der Waals surface area contributed by atoms with Crippen LogP contribution in [-0.4, -0.2) is 67.3 Å². The molecule has 2 saturated heterocycles. The Balaban J connectivity index is 1.83. The van der Waals surface area contributed by atoms with Crippen molar-refractivity contribution in [2.75, 3.05) is 38.5 Å². The van der Waals surface area contributed by atoms with Gasteiger partial charge in [0.15, 0.2) is 0 Å². The smallest absolute Gasteiger partial charge is 0.214 e. The molecule has 1 atom stereocenters. The molecule has 0 aromatic rings. The first-order valence-corrected chi connectivity index (χ1v) is 8.57. The molecule has 0 spiro atoms. The lowest BCUT2D eigenvalue weighted by Gasteiger charge is -2.23. The van der Waals surface area contributed by atoms with Gasteiger partial charge >= 0.3 is 0 Å². The first-order valence-electron chi connectivity index (χ1n) is 6.96. The van der Waals surface area contributed by atoms with Crippen LogP contribution >= 0.6 is 0 Å². The van der Waals surface area contributed by atoms with Crippen molar-refractivity contribution in [1.29, 1.82) is 0 Å². The highest BCUT2D eigenvalue weighted by molar-refractivity contribution is 7.89. The highest BCUT2D eigenvalue weighted by Crippen LogP contribution is 2.22. The number of nitrogens with zero attached hydrogens (tertiary/aromatic N) is 2. The zero-order valence-corrected chi connectivity index (χ0v) is 11.7. The summed E-state index contributed by atoms with van der Waals surface area (Å²) in [4.78, 5) is 2.43. The van der Waals surface area contributed by atoms with Crippen LogP contribution < -0.4 is 0 Å². The van der Waals surface area contributed by atoms with Gasteiger partial charge in [0.2, 0.25) is 10.0 Å². The molecule has 0 aromatic heterocycles. The number of sulfonamides is 1. The van der Waals surface area contributed by atoms with Crippen LogP contribution in [0.15, 0.2) is 0 Å². The molecule has 0 aromatic carbocycles. The van der Waals surface area contributed by atoms with Crippen LogP contribution in [0.3, 0.4) is 0 Å². The molecular weight excluding hydrogens is 252 g/mol. The molecule has 2 aliphatic rings. The third-order valence-corrected chi connectivity index (χ3v) is 5.91. The average molecular weight is 276 g/mol. The van der Waals surface area contributed by atoms with Gasteiger partial charge in [-0.1, -0.05) is 0 Å². The number of aliphatic hydroxyl groups excluding tert-OH is 1. The van der Waals surface area contributed by atoms with Crippen LogP contribution in [0.25, 0.3) is 0 Å². The SMILES string of the molecule is O=S(=O)(CCCCO)N1CCC(N2CCCC2)C1. The van der Waals surface area contributed by atoms with E-state index in [4.69, 9.17) is 5.11 Å². The molecule has 106 valence electrons. The summed E-state index contributed by atoms with van der Waals surface area (Å²) < 4.78 is 25.8. The fourth-order valence-corrected chi connectivity index (χ4v) is 4.50. The Labute approximate surface area is 110 Å². The second-order valence-corrected chi connectivity index (χ2v) is 7.38. The van der Waals surface area contributed by atoms with Crippen molar-refractivity contribution >= 4 is 10.0 Å². The van der Waals surface area contributed by atoms with E-state index < -0.39 is 10.0 Å². The highest BCUT2D eigenvalue weighted by Gasteiger charge is 2.34. The van der Waals surface area contributed by atoms with Gasteiger partial charge in [-0.25, -0.2) is 12.7 Å². The standard InChI is InChI=1S/C12H24N2O3S/c15-9-3-4-10-18(16,17)14-8-5-12(11-14)13-6-1-2-7-13/h12,15H,1-11H2. The molecule has 2 fully saturated rings. The van der Waals surface area contributed by atoms with Crippen molar-refractivity contribution < 1.29 is 13.5 Å². The minimum absolute atomic E-state index is 0.0753. The van der Waals surface area contributed by atoms with Crippen LogP contribution in [0, 0.1) is 0 Å². The largest absolute Gasteiger partial charge is 0.396 e. The average Bonchev–Trinajstić information content (AvgIpc) is 3.00. The van der Waals surface area contributed by atoms with Crippen LogP contribution in [0.4, 0.5) is 0 Å². The fourth-order valence-electron chi connectivity index (χ4n) is 2.89. The summed E-state index contributed by atoms with van der Waals surface area (Å²) in [7, 11) is -3.10. The number of hydrogen-bond acceptors (Lipinski definition) is 4. The van der Waals surface area contributed by atoms with Crippen LogP contribution in [0.1, 0.15) is 32.1 Å². The summed E-state index contributed by atoms with van der Waals surface area (Å²) in [5, 5.41) is 8.70. The molecular formula is C12H24N2O3S. The maximum atomic E-state index is 12.1. The number of likely N-dealkylation sites (tertiary alicyclic amines) is 1. The predicted octanol–water partition coefficient (Wildman–Crippen LogP) is 0.259. The van der Waals surface area contributed by atoms with E-state index in [9.17, 15) is 8.42 Å². The maximum absolute atomic E-state index is 12.1. The van der Waals surface area contributed by atoms with Gasteiger partial charge in [-0.3, -0.25) is 4.90 Å². The first kappa shape index (κ1) is 14.2. The van der Waals surface area contributed by atoms with Gasteiger partial charge in [0, 0.05) is 25.7 Å². The number of unbranched alkanes of at least 4 members (excludes halogenated alkanes) is 1.